The van der Waals surface area contributed by atoms with Crippen LogP contribution in [0.1, 0.15) is 25.5 Å². The van der Waals surface area contributed by atoms with E-state index in [1.54, 1.807) is 0 Å². The van der Waals surface area contributed by atoms with Gasteiger partial charge in [-0.2, -0.15) is 0 Å². The van der Waals surface area contributed by atoms with E-state index in [2.05, 4.69) is 24.1 Å². The highest BCUT2D eigenvalue weighted by Crippen LogP contribution is 2.15. The zero-order valence-electron chi connectivity index (χ0n) is 12.3. The average molecular weight is 263 g/mol. The Bertz CT molecular complexity index is 401. The summed E-state index contributed by atoms with van der Waals surface area (Å²) < 4.78 is 0. The van der Waals surface area contributed by atoms with E-state index in [0.29, 0.717) is 6.54 Å². The summed E-state index contributed by atoms with van der Waals surface area (Å²) in [5, 5.41) is 2.94. The molecule has 1 rings (SSSR count). The van der Waals surface area contributed by atoms with Crippen LogP contribution in [-0.2, 0) is 4.79 Å². The molecule has 1 amide bonds. The predicted molar refractivity (Wildman–Crippen MR) is 78.7 cm³/mol. The third kappa shape index (κ3) is 5.41. The Labute approximate surface area is 116 Å². The molecule has 0 spiro atoms. The van der Waals surface area contributed by atoms with Crippen molar-refractivity contribution in [1.82, 2.24) is 10.2 Å². The smallest absolute Gasteiger partial charge is 0.241 e. The standard InChI is InChI=1S/C15H25N3O/c1-15(2,11-18(3)4)10-17-14(19)13(16)12-8-6-5-7-9-12/h5-9,13H,10-11,16H2,1-4H3,(H,17,19). The van der Waals surface area contributed by atoms with Crippen molar-refractivity contribution >= 4 is 5.91 Å². The molecule has 19 heavy (non-hydrogen) atoms. The van der Waals surface area contributed by atoms with E-state index in [9.17, 15) is 4.79 Å². The van der Waals surface area contributed by atoms with Crippen LogP contribution in [0.25, 0.3) is 0 Å². The molecule has 0 radical (unpaired) electrons. The van der Waals surface area contributed by atoms with Crippen molar-refractivity contribution in [2.24, 2.45) is 11.1 Å². The SMILES string of the molecule is CN(C)CC(C)(C)CNC(=O)C(N)c1ccccc1. The van der Waals surface area contributed by atoms with E-state index in [-0.39, 0.29) is 11.3 Å². The van der Waals surface area contributed by atoms with Gasteiger partial charge in [-0.1, -0.05) is 44.2 Å². The van der Waals surface area contributed by atoms with Crippen LogP contribution >= 0.6 is 0 Å². The van der Waals surface area contributed by atoms with E-state index >= 15 is 0 Å². The third-order valence-corrected chi connectivity index (χ3v) is 2.93. The van der Waals surface area contributed by atoms with Gasteiger partial charge in [0.25, 0.3) is 0 Å². The van der Waals surface area contributed by atoms with Crippen LogP contribution in [0.2, 0.25) is 0 Å². The van der Waals surface area contributed by atoms with Crippen molar-refractivity contribution in [2.45, 2.75) is 19.9 Å². The van der Waals surface area contributed by atoms with Crippen LogP contribution in [0.5, 0.6) is 0 Å². The van der Waals surface area contributed by atoms with Gasteiger partial charge < -0.3 is 16.0 Å². The lowest BCUT2D eigenvalue weighted by Crippen LogP contribution is -2.43. The van der Waals surface area contributed by atoms with Crippen LogP contribution in [0.15, 0.2) is 30.3 Å². The Morgan fingerprint density at radius 1 is 1.32 bits per heavy atom. The number of hydrogen-bond donors (Lipinski definition) is 2. The molecule has 0 heterocycles. The van der Waals surface area contributed by atoms with Crippen LogP contribution in [-0.4, -0.2) is 38.0 Å². The third-order valence-electron chi connectivity index (χ3n) is 2.93. The molecule has 4 heteroatoms. The van der Waals surface area contributed by atoms with Gasteiger partial charge in [-0.25, -0.2) is 0 Å². The number of carbonyl (C=O) groups is 1. The van der Waals surface area contributed by atoms with Gasteiger partial charge in [0.05, 0.1) is 0 Å². The summed E-state index contributed by atoms with van der Waals surface area (Å²) in [5.41, 5.74) is 6.81. The molecule has 1 atom stereocenters. The van der Waals surface area contributed by atoms with E-state index in [1.807, 2.05) is 44.4 Å². The lowest BCUT2D eigenvalue weighted by Gasteiger charge is -2.29. The molecule has 0 aliphatic rings. The fraction of sp³-hybridized carbons (Fsp3) is 0.533. The summed E-state index contributed by atoms with van der Waals surface area (Å²) >= 11 is 0. The second-order valence-electron chi connectivity index (χ2n) is 6.01. The Kier molecular flexibility index (Phi) is 5.51. The summed E-state index contributed by atoms with van der Waals surface area (Å²) in [6.45, 7) is 5.78. The second-order valence-corrected chi connectivity index (χ2v) is 6.01. The number of carbonyl (C=O) groups excluding carboxylic acids is 1. The van der Waals surface area contributed by atoms with Gasteiger partial charge in [-0.15, -0.1) is 0 Å². The van der Waals surface area contributed by atoms with Crippen LogP contribution in [0.4, 0.5) is 0 Å². The monoisotopic (exact) mass is 263 g/mol. The number of hydrogen-bond acceptors (Lipinski definition) is 3. The average Bonchev–Trinajstić information content (AvgIpc) is 2.34. The number of nitrogens with zero attached hydrogens (tertiary/aromatic N) is 1. The van der Waals surface area contributed by atoms with Gasteiger partial charge >= 0.3 is 0 Å². The van der Waals surface area contributed by atoms with Crippen molar-refractivity contribution < 1.29 is 4.79 Å². The predicted octanol–water partition coefficient (Wildman–Crippen LogP) is 1.39. The van der Waals surface area contributed by atoms with Gasteiger partial charge in [0.15, 0.2) is 0 Å². The van der Waals surface area contributed by atoms with Crippen LogP contribution < -0.4 is 11.1 Å². The minimum Gasteiger partial charge on any atom is -0.354 e. The first-order valence-electron chi connectivity index (χ1n) is 6.55. The van der Waals surface area contributed by atoms with Crippen LogP contribution in [0, 0.1) is 5.41 Å². The molecule has 0 aliphatic carbocycles. The number of nitrogens with two attached hydrogens (primary N) is 1. The van der Waals surface area contributed by atoms with Crippen molar-refractivity contribution in [3.8, 4) is 0 Å². The molecule has 106 valence electrons. The number of rotatable bonds is 6. The summed E-state index contributed by atoms with van der Waals surface area (Å²) in [7, 11) is 4.05. The van der Waals surface area contributed by atoms with Crippen molar-refractivity contribution in [3.63, 3.8) is 0 Å². The maximum absolute atomic E-state index is 12.0. The second kappa shape index (κ2) is 6.68. The van der Waals surface area contributed by atoms with E-state index in [4.69, 9.17) is 5.73 Å². The maximum atomic E-state index is 12.0. The molecular weight excluding hydrogens is 238 g/mol. The first-order valence-corrected chi connectivity index (χ1v) is 6.55. The molecule has 0 fully saturated rings. The number of amides is 1. The molecule has 1 unspecified atom stereocenters. The summed E-state index contributed by atoms with van der Waals surface area (Å²) in [6.07, 6.45) is 0. The summed E-state index contributed by atoms with van der Waals surface area (Å²) in [5.74, 6) is -0.127. The Balaban J connectivity index is 2.52. The van der Waals surface area contributed by atoms with E-state index in [1.165, 1.54) is 0 Å². The largest absolute Gasteiger partial charge is 0.354 e. The molecule has 3 N–H and O–H groups in total. The fourth-order valence-electron chi connectivity index (χ4n) is 2.16. The highest BCUT2D eigenvalue weighted by molar-refractivity contribution is 5.82. The lowest BCUT2D eigenvalue weighted by atomic mass is 9.92. The van der Waals surface area contributed by atoms with Crippen molar-refractivity contribution in [1.29, 1.82) is 0 Å². The number of benzene rings is 1. The highest BCUT2D eigenvalue weighted by atomic mass is 16.2. The molecule has 1 aromatic carbocycles. The molecule has 0 aliphatic heterocycles. The Hall–Kier alpha value is -1.39. The Morgan fingerprint density at radius 2 is 1.89 bits per heavy atom. The molecule has 0 saturated heterocycles. The highest BCUT2D eigenvalue weighted by Gasteiger charge is 2.22. The van der Waals surface area contributed by atoms with Gasteiger partial charge in [-0.3, -0.25) is 4.79 Å². The zero-order chi connectivity index (χ0) is 14.5. The van der Waals surface area contributed by atoms with Gasteiger partial charge in [-0.05, 0) is 25.1 Å². The normalized spacial score (nSPS) is 13.4. The molecular formula is C15H25N3O. The van der Waals surface area contributed by atoms with Crippen LogP contribution in [0.3, 0.4) is 0 Å². The summed E-state index contributed by atoms with van der Waals surface area (Å²) in [6, 6.07) is 8.83. The minimum absolute atomic E-state index is 0.0234. The quantitative estimate of drug-likeness (QED) is 0.815. The van der Waals surface area contributed by atoms with Gasteiger partial charge in [0.1, 0.15) is 6.04 Å². The zero-order valence-corrected chi connectivity index (χ0v) is 12.3. The fourth-order valence-corrected chi connectivity index (χ4v) is 2.16. The maximum Gasteiger partial charge on any atom is 0.241 e. The summed E-state index contributed by atoms with van der Waals surface area (Å²) in [4.78, 5) is 14.1. The van der Waals surface area contributed by atoms with Gasteiger partial charge in [0, 0.05) is 13.1 Å². The van der Waals surface area contributed by atoms with E-state index in [0.717, 1.165) is 12.1 Å². The Morgan fingerprint density at radius 3 is 2.42 bits per heavy atom. The van der Waals surface area contributed by atoms with E-state index < -0.39 is 6.04 Å². The first kappa shape index (κ1) is 15.7. The van der Waals surface area contributed by atoms with Crippen molar-refractivity contribution in [2.75, 3.05) is 27.2 Å². The molecule has 0 aromatic heterocycles. The molecule has 0 bridgehead atoms. The molecule has 1 aromatic rings. The van der Waals surface area contributed by atoms with Gasteiger partial charge in [0.2, 0.25) is 5.91 Å². The molecule has 4 nitrogen and oxygen atoms in total. The first-order chi connectivity index (χ1) is 8.82. The topological polar surface area (TPSA) is 58.4 Å². The lowest BCUT2D eigenvalue weighted by molar-refractivity contribution is -0.123. The minimum atomic E-state index is -0.601. The molecule has 0 saturated carbocycles. The number of nitrogens with one attached hydrogen (secondary N) is 1. The van der Waals surface area contributed by atoms with Crippen molar-refractivity contribution in [3.05, 3.63) is 35.9 Å².